The number of fused-ring (bicyclic) bond motifs is 1. The molecule has 6 nitrogen and oxygen atoms in total. The highest BCUT2D eigenvalue weighted by molar-refractivity contribution is 9.10. The molecule has 2 aliphatic rings. The average Bonchev–Trinajstić information content (AvgIpc) is 3.08. The molecule has 27 heavy (non-hydrogen) atoms. The Morgan fingerprint density at radius 1 is 1.22 bits per heavy atom. The van der Waals surface area contributed by atoms with Gasteiger partial charge in [0.15, 0.2) is 5.58 Å². The fourth-order valence-corrected chi connectivity index (χ4v) is 4.96. The minimum Gasteiger partial charge on any atom is -0.444 e. The van der Waals surface area contributed by atoms with Gasteiger partial charge >= 0.3 is 0 Å². The summed E-state index contributed by atoms with van der Waals surface area (Å²) in [6.45, 7) is 6.42. The lowest BCUT2D eigenvalue weighted by Gasteiger charge is -2.43. The van der Waals surface area contributed by atoms with Crippen molar-refractivity contribution in [3.8, 4) is 6.07 Å². The van der Waals surface area contributed by atoms with Crippen LogP contribution in [0.1, 0.15) is 45.3 Å². The van der Waals surface area contributed by atoms with Crippen LogP contribution < -0.4 is 5.32 Å². The normalized spacial score (nSPS) is 29.6. The Bertz CT molecular complexity index is 844. The smallest absolute Gasteiger partial charge is 0.204 e. The van der Waals surface area contributed by atoms with E-state index in [0.29, 0.717) is 35.6 Å². The van der Waals surface area contributed by atoms with E-state index in [9.17, 15) is 0 Å². The number of pyridine rings is 1. The van der Waals surface area contributed by atoms with Crippen LogP contribution in [0.5, 0.6) is 0 Å². The summed E-state index contributed by atoms with van der Waals surface area (Å²) in [6, 6.07) is 4.86. The summed E-state index contributed by atoms with van der Waals surface area (Å²) in [5, 5.41) is 13.5. The van der Waals surface area contributed by atoms with E-state index in [1.807, 2.05) is 6.07 Å². The molecule has 2 atom stereocenters. The molecule has 2 fully saturated rings. The van der Waals surface area contributed by atoms with Crippen LogP contribution in [0.15, 0.2) is 21.2 Å². The lowest BCUT2D eigenvalue weighted by atomic mass is 9.89. The van der Waals surface area contributed by atoms with Crippen molar-refractivity contribution in [2.24, 2.45) is 0 Å². The number of ether oxygens (including phenoxy) is 1. The Balaban J connectivity index is 1.39. The number of nitrogens with zero attached hydrogens (tertiary/aromatic N) is 3. The molecule has 144 valence electrons. The van der Waals surface area contributed by atoms with Crippen molar-refractivity contribution in [3.63, 3.8) is 0 Å². The number of morpholine rings is 1. The van der Waals surface area contributed by atoms with Crippen molar-refractivity contribution in [1.82, 2.24) is 9.88 Å². The molecule has 0 bridgehead atoms. The molecule has 1 aliphatic carbocycles. The number of furan rings is 1. The first-order chi connectivity index (χ1) is 13.0. The molecule has 4 rings (SSSR count). The van der Waals surface area contributed by atoms with Crippen LogP contribution >= 0.6 is 15.9 Å². The van der Waals surface area contributed by atoms with Crippen LogP contribution in [0, 0.1) is 11.3 Å². The van der Waals surface area contributed by atoms with Gasteiger partial charge in [-0.1, -0.05) is 0 Å². The number of halogens is 1. The monoisotopic (exact) mass is 432 g/mol. The molecule has 1 saturated heterocycles. The van der Waals surface area contributed by atoms with Crippen molar-refractivity contribution < 1.29 is 9.15 Å². The van der Waals surface area contributed by atoms with Crippen molar-refractivity contribution >= 4 is 32.7 Å². The topological polar surface area (TPSA) is 74.3 Å². The van der Waals surface area contributed by atoms with E-state index in [4.69, 9.17) is 14.4 Å². The van der Waals surface area contributed by atoms with Gasteiger partial charge in [0, 0.05) is 36.6 Å². The molecule has 0 unspecified atom stereocenters. The van der Waals surface area contributed by atoms with Gasteiger partial charge in [-0.2, -0.15) is 5.26 Å². The second-order valence-electron chi connectivity index (χ2n) is 7.78. The van der Waals surface area contributed by atoms with Crippen LogP contribution in [-0.2, 0) is 4.74 Å². The third-order valence-corrected chi connectivity index (χ3v) is 6.43. The minimum absolute atomic E-state index is 0.305. The zero-order valence-electron chi connectivity index (χ0n) is 15.7. The van der Waals surface area contributed by atoms with E-state index in [1.54, 1.807) is 12.3 Å². The summed E-state index contributed by atoms with van der Waals surface area (Å²) >= 11 is 3.62. The minimum atomic E-state index is 0.305. The SMILES string of the molecule is C[C@H]1CN(C2CCC(Nc3ncc4oc(C#N)cc4c3Br)CC2)C[C@H](C)O1. The van der Waals surface area contributed by atoms with E-state index in [1.165, 1.54) is 12.8 Å². The van der Waals surface area contributed by atoms with Crippen molar-refractivity contribution in [2.75, 3.05) is 18.4 Å². The fraction of sp³-hybridized carbons (Fsp3) is 0.600. The Labute approximate surface area is 168 Å². The maximum atomic E-state index is 9.02. The highest BCUT2D eigenvalue weighted by Crippen LogP contribution is 2.34. The van der Waals surface area contributed by atoms with Gasteiger partial charge in [-0.15, -0.1) is 0 Å². The molecule has 2 aromatic heterocycles. The summed E-state index contributed by atoms with van der Waals surface area (Å²) in [5.74, 6) is 1.13. The van der Waals surface area contributed by atoms with E-state index < -0.39 is 0 Å². The lowest BCUT2D eigenvalue weighted by Crippen LogP contribution is -2.51. The number of hydrogen-bond donors (Lipinski definition) is 1. The zero-order chi connectivity index (χ0) is 19.0. The van der Waals surface area contributed by atoms with E-state index >= 15 is 0 Å². The molecule has 1 N–H and O–H groups in total. The number of aromatic nitrogens is 1. The second kappa shape index (κ2) is 7.78. The summed E-state index contributed by atoms with van der Waals surface area (Å²) in [7, 11) is 0. The molecule has 0 radical (unpaired) electrons. The van der Waals surface area contributed by atoms with Crippen molar-refractivity contribution in [3.05, 3.63) is 22.5 Å². The summed E-state index contributed by atoms with van der Waals surface area (Å²) in [6.07, 6.45) is 6.99. The van der Waals surface area contributed by atoms with Crippen LogP contribution in [0.2, 0.25) is 0 Å². The maximum absolute atomic E-state index is 9.02. The highest BCUT2D eigenvalue weighted by atomic mass is 79.9. The Morgan fingerprint density at radius 3 is 2.59 bits per heavy atom. The van der Waals surface area contributed by atoms with Gasteiger partial charge in [-0.05, 0) is 55.5 Å². The molecule has 3 heterocycles. The first-order valence-electron chi connectivity index (χ1n) is 9.67. The fourth-order valence-electron chi connectivity index (χ4n) is 4.43. The third kappa shape index (κ3) is 3.98. The molecule has 1 saturated carbocycles. The number of nitriles is 1. The highest BCUT2D eigenvalue weighted by Gasteiger charge is 2.31. The number of nitrogens with one attached hydrogen (secondary N) is 1. The molecule has 0 spiro atoms. The third-order valence-electron chi connectivity index (χ3n) is 5.63. The predicted octanol–water partition coefficient (Wildman–Crippen LogP) is 4.29. The Hall–Kier alpha value is -1.62. The summed E-state index contributed by atoms with van der Waals surface area (Å²) in [5.41, 5.74) is 0.628. The van der Waals surface area contributed by atoms with E-state index in [-0.39, 0.29) is 0 Å². The molecule has 0 aromatic carbocycles. The standard InChI is InChI=1S/C20H25BrN4O2/c1-12-10-25(11-13(2)26-12)15-5-3-14(4-6-15)24-20-19(21)17-7-16(8-22)27-18(17)9-23-20/h7,9,12-15H,3-6,10-11H2,1-2H3,(H,23,24)/t12-,13-,14?,15?/m0/s1. The molecule has 7 heteroatoms. The number of rotatable bonds is 3. The zero-order valence-corrected chi connectivity index (χ0v) is 17.3. The molecule has 1 aliphatic heterocycles. The van der Waals surface area contributed by atoms with Crippen LogP contribution in [0.3, 0.4) is 0 Å². The van der Waals surface area contributed by atoms with Crippen LogP contribution in [0.25, 0.3) is 11.0 Å². The van der Waals surface area contributed by atoms with Crippen molar-refractivity contribution in [2.45, 2.75) is 63.8 Å². The van der Waals surface area contributed by atoms with Crippen LogP contribution in [0.4, 0.5) is 5.82 Å². The van der Waals surface area contributed by atoms with Gasteiger partial charge in [0.25, 0.3) is 0 Å². The molecular formula is C20H25BrN4O2. The molecule has 0 amide bonds. The maximum Gasteiger partial charge on any atom is 0.204 e. The lowest BCUT2D eigenvalue weighted by molar-refractivity contribution is -0.0842. The van der Waals surface area contributed by atoms with Crippen molar-refractivity contribution in [1.29, 1.82) is 5.26 Å². The van der Waals surface area contributed by atoms with Gasteiger partial charge in [-0.25, -0.2) is 4.98 Å². The second-order valence-corrected chi connectivity index (χ2v) is 8.58. The molecule has 2 aromatic rings. The number of hydrogen-bond acceptors (Lipinski definition) is 6. The van der Waals surface area contributed by atoms with Gasteiger partial charge in [0.1, 0.15) is 11.9 Å². The van der Waals surface area contributed by atoms with Gasteiger partial charge in [0.05, 0.1) is 22.9 Å². The van der Waals surface area contributed by atoms with Crippen LogP contribution in [-0.4, -0.2) is 47.3 Å². The quantitative estimate of drug-likeness (QED) is 0.779. The summed E-state index contributed by atoms with van der Waals surface area (Å²) in [4.78, 5) is 7.10. The first kappa shape index (κ1) is 18.7. The number of anilines is 1. The Kier molecular flexibility index (Phi) is 5.40. The van der Waals surface area contributed by atoms with E-state index in [0.717, 1.165) is 41.6 Å². The first-order valence-corrected chi connectivity index (χ1v) is 10.5. The predicted molar refractivity (Wildman–Crippen MR) is 108 cm³/mol. The summed E-state index contributed by atoms with van der Waals surface area (Å²) < 4.78 is 12.2. The Morgan fingerprint density at radius 2 is 1.93 bits per heavy atom. The van der Waals surface area contributed by atoms with E-state index in [2.05, 4.69) is 45.0 Å². The van der Waals surface area contributed by atoms with Gasteiger partial charge < -0.3 is 14.5 Å². The largest absolute Gasteiger partial charge is 0.444 e. The molecular weight excluding hydrogens is 408 g/mol. The van der Waals surface area contributed by atoms with Gasteiger partial charge in [0.2, 0.25) is 5.76 Å². The van der Waals surface area contributed by atoms with Gasteiger partial charge in [-0.3, -0.25) is 4.90 Å². The average molecular weight is 433 g/mol.